The van der Waals surface area contributed by atoms with Crippen molar-refractivity contribution in [1.82, 2.24) is 0 Å². The van der Waals surface area contributed by atoms with Crippen molar-refractivity contribution in [3.63, 3.8) is 0 Å². The van der Waals surface area contributed by atoms with Crippen LogP contribution in [0.1, 0.15) is 12.8 Å². The monoisotopic (exact) mass is 306 g/mol. The highest BCUT2D eigenvalue weighted by Gasteiger charge is 1.99. The summed E-state index contributed by atoms with van der Waals surface area (Å²) in [6.07, 6.45) is 0.351. The quantitative estimate of drug-likeness (QED) is 0.467. The molecule has 0 aliphatic rings. The molecule has 0 aliphatic heterocycles. The molecule has 0 saturated carbocycles. The number of rotatable bonds is 10. The third kappa shape index (κ3) is 14.7. The molecule has 0 bridgehead atoms. The Morgan fingerprint density at radius 2 is 1.20 bits per heavy atom. The summed E-state index contributed by atoms with van der Waals surface area (Å²) in [5.74, 6) is -0.381. The van der Waals surface area contributed by atoms with E-state index in [9.17, 15) is 9.59 Å². The minimum Gasteiger partial charge on any atom is -0.481 e. The molecule has 0 aromatic rings. The van der Waals surface area contributed by atoms with Gasteiger partial charge in [0, 0.05) is 11.5 Å². The largest absolute Gasteiger partial charge is 0.481 e. The molecular formula is C6H10O4S5. The fourth-order valence-electron chi connectivity index (χ4n) is 0.377. The van der Waals surface area contributed by atoms with Crippen molar-refractivity contribution in [3.05, 3.63) is 0 Å². The molecule has 0 aromatic heterocycles. The zero-order chi connectivity index (χ0) is 11.5. The first kappa shape index (κ1) is 15.7. The fraction of sp³-hybridized carbons (Fsp3) is 0.667. The predicted octanol–water partition coefficient (Wildman–Crippen LogP) is 3.26. The maximum Gasteiger partial charge on any atom is 0.304 e. The summed E-state index contributed by atoms with van der Waals surface area (Å²) in [6, 6.07) is 0. The molecule has 0 rings (SSSR count). The van der Waals surface area contributed by atoms with E-state index in [1.165, 1.54) is 51.1 Å². The highest BCUT2D eigenvalue weighted by atomic mass is 33.8. The molecule has 2 N–H and O–H groups in total. The lowest BCUT2D eigenvalue weighted by molar-refractivity contribution is -0.137. The van der Waals surface area contributed by atoms with E-state index in [2.05, 4.69) is 0 Å². The van der Waals surface area contributed by atoms with Crippen molar-refractivity contribution in [1.29, 1.82) is 0 Å². The zero-order valence-corrected chi connectivity index (χ0v) is 11.7. The summed E-state index contributed by atoms with van der Waals surface area (Å²) >= 11 is 0. The van der Waals surface area contributed by atoms with Crippen LogP contribution in [0.3, 0.4) is 0 Å². The van der Waals surface area contributed by atoms with Gasteiger partial charge in [-0.25, -0.2) is 0 Å². The average molecular weight is 306 g/mol. The Hall–Kier alpha value is 0.690. The summed E-state index contributed by atoms with van der Waals surface area (Å²) in [5, 5.41) is 16.7. The van der Waals surface area contributed by atoms with Crippen molar-refractivity contribution in [2.75, 3.05) is 11.5 Å². The second-order valence-electron chi connectivity index (χ2n) is 2.14. The average Bonchev–Trinajstić information content (AvgIpc) is 2.14. The molecular weight excluding hydrogens is 296 g/mol. The molecule has 0 atom stereocenters. The van der Waals surface area contributed by atoms with Crippen LogP contribution < -0.4 is 0 Å². The van der Waals surface area contributed by atoms with E-state index < -0.39 is 11.9 Å². The maximum atomic E-state index is 10.1. The van der Waals surface area contributed by atoms with Crippen LogP contribution in [0.5, 0.6) is 0 Å². The standard InChI is InChI=1S/C6H10O4S5/c7-5(8)1-3-11-13-15-14-12-4-2-6(9)10/h1-4H2,(H,7,8)(H,9,10). The predicted molar refractivity (Wildman–Crippen MR) is 72.2 cm³/mol. The SMILES string of the molecule is O=C(O)CCSSSSSCCC(=O)O. The first-order chi connectivity index (χ1) is 7.13. The molecule has 0 aromatic carbocycles. The van der Waals surface area contributed by atoms with Crippen molar-refractivity contribution in [3.8, 4) is 0 Å². The van der Waals surface area contributed by atoms with Gasteiger partial charge in [0.15, 0.2) is 0 Å². The van der Waals surface area contributed by atoms with Crippen LogP contribution in [0.4, 0.5) is 0 Å². The van der Waals surface area contributed by atoms with Crippen LogP contribution in [0, 0.1) is 0 Å². The second kappa shape index (κ2) is 11.2. The molecule has 0 aliphatic carbocycles. The molecule has 15 heavy (non-hydrogen) atoms. The van der Waals surface area contributed by atoms with E-state index in [4.69, 9.17) is 10.2 Å². The maximum absolute atomic E-state index is 10.1. The van der Waals surface area contributed by atoms with E-state index in [-0.39, 0.29) is 12.8 Å². The van der Waals surface area contributed by atoms with Gasteiger partial charge in [-0.2, -0.15) is 0 Å². The summed E-state index contributed by atoms with van der Waals surface area (Å²) in [4.78, 5) is 20.3. The van der Waals surface area contributed by atoms with E-state index in [0.717, 1.165) is 0 Å². The van der Waals surface area contributed by atoms with Crippen molar-refractivity contribution in [2.45, 2.75) is 12.8 Å². The Morgan fingerprint density at radius 1 is 0.800 bits per heavy atom. The summed E-state index contributed by atoms with van der Waals surface area (Å²) < 4.78 is 0. The third-order valence-electron chi connectivity index (χ3n) is 0.950. The van der Waals surface area contributed by atoms with E-state index >= 15 is 0 Å². The number of hydrogen-bond acceptors (Lipinski definition) is 7. The molecule has 0 saturated heterocycles. The molecule has 0 unspecified atom stereocenters. The number of aliphatic carboxylic acids is 2. The molecule has 0 heterocycles. The van der Waals surface area contributed by atoms with Gasteiger partial charge in [0.25, 0.3) is 0 Å². The molecule has 0 radical (unpaired) electrons. The normalized spacial score (nSPS) is 10.1. The summed E-state index contributed by atoms with van der Waals surface area (Å²) in [7, 11) is 7.56. The van der Waals surface area contributed by atoms with Gasteiger partial charge in [0.05, 0.1) is 12.8 Å². The lowest BCUT2D eigenvalue weighted by Gasteiger charge is -1.97. The van der Waals surface area contributed by atoms with Gasteiger partial charge in [-0.3, -0.25) is 9.59 Å². The number of carboxylic acids is 2. The lowest BCUT2D eigenvalue weighted by atomic mass is 10.5. The summed E-state index contributed by atoms with van der Waals surface area (Å²) in [6.45, 7) is 0. The van der Waals surface area contributed by atoms with Crippen molar-refractivity contribution < 1.29 is 19.8 Å². The van der Waals surface area contributed by atoms with E-state index in [0.29, 0.717) is 11.5 Å². The number of carboxylic acid groups (broad SMARTS) is 2. The fourth-order valence-corrected chi connectivity index (χ4v) is 9.05. The minimum atomic E-state index is -0.781. The Balaban J connectivity index is 2.99. The first-order valence-electron chi connectivity index (χ1n) is 3.81. The molecule has 9 heteroatoms. The molecule has 0 fully saturated rings. The number of hydrogen-bond donors (Lipinski definition) is 2. The Bertz CT molecular complexity index is 180. The first-order valence-corrected chi connectivity index (χ1v) is 10.3. The van der Waals surface area contributed by atoms with Crippen LogP contribution >= 0.6 is 51.1 Å². The highest BCUT2D eigenvalue weighted by Crippen LogP contribution is 2.48. The van der Waals surface area contributed by atoms with Gasteiger partial charge < -0.3 is 10.2 Å². The third-order valence-corrected chi connectivity index (χ3v) is 9.64. The van der Waals surface area contributed by atoms with Gasteiger partial charge in [0.1, 0.15) is 0 Å². The van der Waals surface area contributed by atoms with Crippen molar-refractivity contribution in [2.24, 2.45) is 0 Å². The summed E-state index contributed by atoms with van der Waals surface area (Å²) in [5.41, 5.74) is 0. The van der Waals surface area contributed by atoms with Crippen LogP contribution in [0.2, 0.25) is 0 Å². The van der Waals surface area contributed by atoms with Gasteiger partial charge in [-0.15, -0.1) is 0 Å². The molecule has 4 nitrogen and oxygen atoms in total. The second-order valence-corrected chi connectivity index (χ2v) is 10.1. The van der Waals surface area contributed by atoms with Crippen molar-refractivity contribution >= 4 is 63.0 Å². The van der Waals surface area contributed by atoms with Crippen LogP contribution in [0.25, 0.3) is 0 Å². The topological polar surface area (TPSA) is 74.6 Å². The van der Waals surface area contributed by atoms with Crippen LogP contribution in [0.15, 0.2) is 0 Å². The molecule has 0 amide bonds. The van der Waals surface area contributed by atoms with Gasteiger partial charge in [-0.05, 0) is 29.5 Å². The zero-order valence-electron chi connectivity index (χ0n) is 7.58. The van der Waals surface area contributed by atoms with Gasteiger partial charge in [-0.1, -0.05) is 21.6 Å². The Labute approximate surface area is 107 Å². The Morgan fingerprint density at radius 3 is 1.53 bits per heavy atom. The minimum absolute atomic E-state index is 0.176. The van der Waals surface area contributed by atoms with Crippen LogP contribution in [-0.4, -0.2) is 33.7 Å². The van der Waals surface area contributed by atoms with Gasteiger partial charge in [0.2, 0.25) is 0 Å². The van der Waals surface area contributed by atoms with Crippen LogP contribution in [-0.2, 0) is 9.59 Å². The van der Waals surface area contributed by atoms with Gasteiger partial charge >= 0.3 is 11.9 Å². The smallest absolute Gasteiger partial charge is 0.304 e. The lowest BCUT2D eigenvalue weighted by Crippen LogP contribution is -1.94. The molecule has 0 spiro atoms. The highest BCUT2D eigenvalue weighted by molar-refractivity contribution is 9.35. The Kier molecular flexibility index (Phi) is 11.7. The molecule has 88 valence electrons. The van der Waals surface area contributed by atoms with E-state index in [1.54, 1.807) is 0 Å². The number of carbonyl (C=O) groups is 2. The van der Waals surface area contributed by atoms with E-state index in [1.807, 2.05) is 0 Å².